The second-order valence-electron chi connectivity index (χ2n) is 7.78. The van der Waals surface area contributed by atoms with Crippen LogP contribution in [0.1, 0.15) is 25.1 Å². The van der Waals surface area contributed by atoms with Crippen LogP contribution < -0.4 is 10.6 Å². The van der Waals surface area contributed by atoms with E-state index in [0.717, 1.165) is 16.3 Å². The number of hydrogen-bond donors (Lipinski definition) is 2. The molecule has 0 aliphatic rings. The molecule has 0 unspecified atom stereocenters. The molecule has 9 heteroatoms. The molecule has 170 valence electrons. The van der Waals surface area contributed by atoms with E-state index in [4.69, 9.17) is 0 Å². The molecule has 32 heavy (non-hydrogen) atoms. The number of benzene rings is 2. The van der Waals surface area contributed by atoms with Crippen molar-refractivity contribution in [1.82, 2.24) is 14.6 Å². The third kappa shape index (κ3) is 5.93. The predicted molar refractivity (Wildman–Crippen MR) is 130 cm³/mol. The molecule has 0 aliphatic carbocycles. The van der Waals surface area contributed by atoms with Gasteiger partial charge in [0, 0.05) is 42.7 Å². The number of hydrogen-bond acceptors (Lipinski definition) is 5. The van der Waals surface area contributed by atoms with Crippen LogP contribution in [-0.4, -0.2) is 43.4 Å². The molecule has 0 saturated heterocycles. The van der Waals surface area contributed by atoms with Gasteiger partial charge in [-0.3, -0.25) is 0 Å². The molecule has 0 bridgehead atoms. The van der Waals surface area contributed by atoms with Crippen LogP contribution >= 0.6 is 11.3 Å². The lowest BCUT2D eigenvalue weighted by Crippen LogP contribution is -2.33. The van der Waals surface area contributed by atoms with Crippen molar-refractivity contribution in [2.75, 3.05) is 18.9 Å². The van der Waals surface area contributed by atoms with Crippen molar-refractivity contribution in [3.8, 4) is 10.6 Å². The Morgan fingerprint density at radius 2 is 1.75 bits per heavy atom. The van der Waals surface area contributed by atoms with Crippen LogP contribution in [0.3, 0.4) is 0 Å². The zero-order valence-corrected chi connectivity index (χ0v) is 20.3. The highest BCUT2D eigenvalue weighted by atomic mass is 32.2. The van der Waals surface area contributed by atoms with Gasteiger partial charge >= 0.3 is 6.03 Å². The molecule has 1 aromatic heterocycles. The summed E-state index contributed by atoms with van der Waals surface area (Å²) < 4.78 is 26.3. The molecular formula is C23H28N4O3S2. The molecule has 0 radical (unpaired) electrons. The normalized spacial score (nSPS) is 11.7. The van der Waals surface area contributed by atoms with E-state index in [1.165, 1.54) is 22.0 Å². The Balaban J connectivity index is 1.50. The van der Waals surface area contributed by atoms with E-state index in [-0.39, 0.29) is 17.0 Å². The van der Waals surface area contributed by atoms with Gasteiger partial charge in [-0.05, 0) is 45.0 Å². The van der Waals surface area contributed by atoms with Gasteiger partial charge < -0.3 is 10.6 Å². The Labute approximate surface area is 193 Å². The zero-order valence-electron chi connectivity index (χ0n) is 18.6. The summed E-state index contributed by atoms with van der Waals surface area (Å²) >= 11 is 1.58. The topological polar surface area (TPSA) is 91.4 Å². The number of aromatic nitrogens is 1. The first-order valence-corrected chi connectivity index (χ1v) is 12.6. The maximum atomic E-state index is 12.5. The molecular weight excluding hydrogens is 444 g/mol. The Morgan fingerprint density at radius 3 is 2.38 bits per heavy atom. The second-order valence-corrected chi connectivity index (χ2v) is 10.6. The van der Waals surface area contributed by atoms with Crippen LogP contribution in [0.25, 0.3) is 10.6 Å². The summed E-state index contributed by atoms with van der Waals surface area (Å²) in [6.07, 6.45) is 0.620. The van der Waals surface area contributed by atoms with E-state index in [2.05, 4.69) is 46.8 Å². The fraction of sp³-hybridized carbons (Fsp3) is 0.304. The van der Waals surface area contributed by atoms with Gasteiger partial charge in [0.2, 0.25) is 10.0 Å². The first-order chi connectivity index (χ1) is 15.2. The van der Waals surface area contributed by atoms with Crippen LogP contribution in [0.4, 0.5) is 10.5 Å². The minimum atomic E-state index is -3.55. The van der Waals surface area contributed by atoms with E-state index in [0.29, 0.717) is 18.7 Å². The van der Waals surface area contributed by atoms with Gasteiger partial charge in [0.25, 0.3) is 0 Å². The van der Waals surface area contributed by atoms with Gasteiger partial charge in [-0.25, -0.2) is 18.2 Å². The second kappa shape index (κ2) is 10.2. The monoisotopic (exact) mass is 472 g/mol. The van der Waals surface area contributed by atoms with Crippen molar-refractivity contribution in [2.45, 2.75) is 38.1 Å². The molecule has 1 heterocycles. The molecule has 0 atom stereocenters. The van der Waals surface area contributed by atoms with Crippen molar-refractivity contribution < 1.29 is 13.2 Å². The number of nitrogens with one attached hydrogen (secondary N) is 2. The SMILES string of the molecule is Cc1ccc(-c2nc(CCNC(=O)Nc3ccc(S(=O)(=O)N(C)C(C)C)cc3)cs2)cc1. The van der Waals surface area contributed by atoms with Crippen LogP contribution in [0, 0.1) is 6.92 Å². The van der Waals surface area contributed by atoms with E-state index < -0.39 is 10.0 Å². The third-order valence-electron chi connectivity index (χ3n) is 5.03. The molecule has 2 amide bonds. The van der Waals surface area contributed by atoms with E-state index >= 15 is 0 Å². The standard InChI is InChI=1S/C23H28N4O3S2/c1-16(2)27(4)32(29,30)21-11-9-19(10-12-21)26-23(28)24-14-13-20-15-31-22(25-20)18-7-5-17(3)6-8-18/h5-12,15-16H,13-14H2,1-4H3,(H2,24,26,28). The van der Waals surface area contributed by atoms with Gasteiger partial charge in [0.05, 0.1) is 10.6 Å². The van der Waals surface area contributed by atoms with E-state index in [9.17, 15) is 13.2 Å². The molecule has 2 N–H and O–H groups in total. The van der Waals surface area contributed by atoms with Gasteiger partial charge in [0.15, 0.2) is 0 Å². The maximum absolute atomic E-state index is 12.5. The average Bonchev–Trinajstić information content (AvgIpc) is 3.23. The molecule has 2 aromatic carbocycles. The fourth-order valence-corrected chi connectivity index (χ4v) is 5.11. The summed E-state index contributed by atoms with van der Waals surface area (Å²) in [5, 5.41) is 8.48. The molecule has 3 rings (SSSR count). The highest BCUT2D eigenvalue weighted by Gasteiger charge is 2.22. The van der Waals surface area contributed by atoms with E-state index in [1.807, 2.05) is 19.2 Å². The zero-order chi connectivity index (χ0) is 23.3. The van der Waals surface area contributed by atoms with Gasteiger partial charge in [-0.1, -0.05) is 29.8 Å². The summed E-state index contributed by atoms with van der Waals surface area (Å²) in [6.45, 7) is 6.11. The van der Waals surface area contributed by atoms with Crippen molar-refractivity contribution >= 4 is 33.1 Å². The number of thiazole rings is 1. The summed E-state index contributed by atoms with van der Waals surface area (Å²) in [5.74, 6) is 0. The lowest BCUT2D eigenvalue weighted by Gasteiger charge is -2.21. The summed E-state index contributed by atoms with van der Waals surface area (Å²) in [4.78, 5) is 17.0. The molecule has 0 saturated carbocycles. The maximum Gasteiger partial charge on any atom is 0.319 e. The van der Waals surface area contributed by atoms with Gasteiger partial charge in [0.1, 0.15) is 5.01 Å². The Kier molecular flexibility index (Phi) is 7.65. The van der Waals surface area contributed by atoms with Crippen molar-refractivity contribution in [1.29, 1.82) is 0 Å². The van der Waals surface area contributed by atoms with Crippen LogP contribution in [0.5, 0.6) is 0 Å². The number of urea groups is 1. The lowest BCUT2D eigenvalue weighted by molar-refractivity contribution is 0.252. The fourth-order valence-electron chi connectivity index (χ4n) is 2.88. The number of carbonyl (C=O) groups excluding carboxylic acids is 1. The number of aryl methyl sites for hydroxylation is 1. The van der Waals surface area contributed by atoms with Crippen LogP contribution in [-0.2, 0) is 16.4 Å². The first kappa shape index (κ1) is 23.9. The van der Waals surface area contributed by atoms with Gasteiger partial charge in [-0.2, -0.15) is 4.31 Å². The van der Waals surface area contributed by atoms with Crippen LogP contribution in [0.15, 0.2) is 58.8 Å². The largest absolute Gasteiger partial charge is 0.337 e. The average molecular weight is 473 g/mol. The molecule has 0 spiro atoms. The predicted octanol–water partition coefficient (Wildman–Crippen LogP) is 4.51. The number of amides is 2. The quantitative estimate of drug-likeness (QED) is 0.505. The van der Waals surface area contributed by atoms with Gasteiger partial charge in [-0.15, -0.1) is 11.3 Å². The minimum Gasteiger partial charge on any atom is -0.337 e. The van der Waals surface area contributed by atoms with Crippen molar-refractivity contribution in [3.05, 3.63) is 65.2 Å². The first-order valence-electron chi connectivity index (χ1n) is 10.3. The van der Waals surface area contributed by atoms with E-state index in [1.54, 1.807) is 30.5 Å². The van der Waals surface area contributed by atoms with Crippen LogP contribution in [0.2, 0.25) is 0 Å². The Morgan fingerprint density at radius 1 is 1.09 bits per heavy atom. The highest BCUT2D eigenvalue weighted by molar-refractivity contribution is 7.89. The third-order valence-corrected chi connectivity index (χ3v) is 8.02. The number of anilines is 1. The summed E-state index contributed by atoms with van der Waals surface area (Å²) in [6, 6.07) is 13.9. The van der Waals surface area contributed by atoms with Crippen molar-refractivity contribution in [2.24, 2.45) is 0 Å². The minimum absolute atomic E-state index is 0.144. The molecule has 0 aliphatic heterocycles. The number of sulfonamides is 1. The number of carbonyl (C=O) groups is 1. The number of rotatable bonds is 8. The van der Waals surface area contributed by atoms with Crippen molar-refractivity contribution in [3.63, 3.8) is 0 Å². The Bertz CT molecular complexity index is 1150. The smallest absolute Gasteiger partial charge is 0.319 e. The summed E-state index contributed by atoms with van der Waals surface area (Å²) in [7, 11) is -2.00. The molecule has 3 aromatic rings. The lowest BCUT2D eigenvalue weighted by atomic mass is 10.2. The number of nitrogens with zero attached hydrogens (tertiary/aromatic N) is 2. The molecule has 0 fully saturated rings. The Hall–Kier alpha value is -2.75. The highest BCUT2D eigenvalue weighted by Crippen LogP contribution is 2.24. The summed E-state index contributed by atoms with van der Waals surface area (Å²) in [5.41, 5.74) is 3.74. The molecule has 7 nitrogen and oxygen atoms in total.